The van der Waals surface area contributed by atoms with Crippen LogP contribution in [0, 0.1) is 17.5 Å². The third-order valence-electron chi connectivity index (χ3n) is 4.39. The summed E-state index contributed by atoms with van der Waals surface area (Å²) in [5.41, 5.74) is 0.461. The van der Waals surface area contributed by atoms with Gasteiger partial charge in [-0.2, -0.15) is 0 Å². The predicted octanol–water partition coefficient (Wildman–Crippen LogP) is 5.41. The summed E-state index contributed by atoms with van der Waals surface area (Å²) in [5.74, 6) is -2.88. The molecule has 1 heterocycles. The molecule has 2 aromatic carbocycles. The first-order valence-corrected chi connectivity index (χ1v) is 10.2. The average molecular weight is 552 g/mol. The Labute approximate surface area is 196 Å². The molecule has 3 rings (SSSR count). The van der Waals surface area contributed by atoms with Crippen molar-refractivity contribution >= 4 is 51.5 Å². The topological polar surface area (TPSA) is 41.9 Å². The van der Waals surface area contributed by atoms with Crippen molar-refractivity contribution in [2.24, 2.45) is 0 Å². The Bertz CT molecular complexity index is 871. The maximum Gasteiger partial charge on any atom is 0.190 e. The average Bonchev–Trinajstić information content (AvgIpc) is 2.64. The Hall–Kier alpha value is -0.740. The van der Waals surface area contributed by atoms with Crippen molar-refractivity contribution in [1.82, 2.24) is 4.90 Å². The van der Waals surface area contributed by atoms with Gasteiger partial charge in [-0.25, -0.2) is 13.2 Å². The molecule has 1 N–H and O–H groups in total. The van der Waals surface area contributed by atoms with E-state index >= 15 is 0 Å². The van der Waals surface area contributed by atoms with Crippen LogP contribution < -0.4 is 4.74 Å². The second kappa shape index (κ2) is 11.2. The van der Waals surface area contributed by atoms with E-state index in [9.17, 15) is 18.3 Å². The molecule has 1 fully saturated rings. The van der Waals surface area contributed by atoms with Crippen LogP contribution in [-0.2, 0) is 4.74 Å². The molecule has 30 heavy (non-hydrogen) atoms. The largest absolute Gasteiger partial charge is 0.485 e. The standard InChI is InChI=1S/C19H17BrCl2F3NO3.ClH/c20-10-3-16(24)19(17(25)4-10)29-9-11(27)7-26-1-2-28-18(8-26)12-5-15(23)14(22)6-13(12)21;/h3-6,11,18,27H,1-2,7-9H2;1H. The van der Waals surface area contributed by atoms with E-state index in [-0.39, 0.29) is 40.1 Å². The van der Waals surface area contributed by atoms with Crippen LogP contribution in [0.1, 0.15) is 11.7 Å². The van der Waals surface area contributed by atoms with Crippen LogP contribution in [-0.4, -0.2) is 49.0 Å². The summed E-state index contributed by atoms with van der Waals surface area (Å²) in [4.78, 5) is 1.87. The van der Waals surface area contributed by atoms with E-state index in [2.05, 4.69) is 15.9 Å². The van der Waals surface area contributed by atoms with Gasteiger partial charge in [-0.15, -0.1) is 12.4 Å². The molecule has 0 aliphatic carbocycles. The highest BCUT2D eigenvalue weighted by Gasteiger charge is 2.26. The zero-order valence-corrected chi connectivity index (χ0v) is 19.3. The molecule has 11 heteroatoms. The Kier molecular flexibility index (Phi) is 9.55. The minimum atomic E-state index is -1.01. The first kappa shape index (κ1) is 25.5. The Morgan fingerprint density at radius 2 is 1.80 bits per heavy atom. The third kappa shape index (κ3) is 6.38. The van der Waals surface area contributed by atoms with Crippen molar-refractivity contribution in [3.63, 3.8) is 0 Å². The van der Waals surface area contributed by atoms with E-state index in [0.29, 0.717) is 25.3 Å². The summed E-state index contributed by atoms with van der Waals surface area (Å²) in [6.07, 6.45) is -1.51. The molecule has 2 aromatic rings. The molecule has 0 aromatic heterocycles. The molecule has 2 unspecified atom stereocenters. The lowest BCUT2D eigenvalue weighted by Gasteiger charge is -2.34. The zero-order valence-electron chi connectivity index (χ0n) is 15.4. The Morgan fingerprint density at radius 3 is 2.47 bits per heavy atom. The number of aliphatic hydroxyl groups excluding tert-OH is 1. The van der Waals surface area contributed by atoms with E-state index in [1.165, 1.54) is 12.1 Å². The molecule has 0 bridgehead atoms. The van der Waals surface area contributed by atoms with Gasteiger partial charge in [-0.1, -0.05) is 39.1 Å². The van der Waals surface area contributed by atoms with Crippen molar-refractivity contribution in [1.29, 1.82) is 0 Å². The van der Waals surface area contributed by atoms with E-state index < -0.39 is 35.4 Å². The van der Waals surface area contributed by atoms with Gasteiger partial charge in [0.15, 0.2) is 17.4 Å². The molecular formula is C19H18BrCl3F3NO3. The number of ether oxygens (including phenoxy) is 2. The lowest BCUT2D eigenvalue weighted by atomic mass is 10.1. The molecule has 0 spiro atoms. The minimum Gasteiger partial charge on any atom is -0.485 e. The lowest BCUT2D eigenvalue weighted by molar-refractivity contribution is -0.0462. The number of hydrogen-bond acceptors (Lipinski definition) is 4. The highest BCUT2D eigenvalue weighted by atomic mass is 79.9. The number of nitrogens with zero attached hydrogens (tertiary/aromatic N) is 1. The number of morpholine rings is 1. The van der Waals surface area contributed by atoms with Gasteiger partial charge in [-0.3, -0.25) is 4.90 Å². The van der Waals surface area contributed by atoms with Crippen LogP contribution in [0.3, 0.4) is 0 Å². The van der Waals surface area contributed by atoms with Gasteiger partial charge in [-0.05, 0) is 24.3 Å². The molecular weight excluding hydrogens is 533 g/mol. The fraction of sp³-hybridized carbons (Fsp3) is 0.368. The maximum atomic E-state index is 13.8. The van der Waals surface area contributed by atoms with E-state index in [4.69, 9.17) is 32.7 Å². The van der Waals surface area contributed by atoms with Crippen LogP contribution in [0.25, 0.3) is 0 Å². The summed E-state index contributed by atoms with van der Waals surface area (Å²) >= 11 is 14.9. The molecule has 1 aliphatic rings. The zero-order chi connectivity index (χ0) is 21.1. The predicted molar refractivity (Wildman–Crippen MR) is 114 cm³/mol. The van der Waals surface area contributed by atoms with Crippen LogP contribution in [0.2, 0.25) is 10.0 Å². The first-order valence-electron chi connectivity index (χ1n) is 8.68. The SMILES string of the molecule is Cl.OC(COc1c(F)cc(Br)cc1F)CN1CCOC(c2cc(F)c(Cl)cc2Cl)C1. The highest BCUT2D eigenvalue weighted by Crippen LogP contribution is 2.32. The van der Waals surface area contributed by atoms with Crippen molar-refractivity contribution in [3.8, 4) is 5.75 Å². The van der Waals surface area contributed by atoms with Crippen LogP contribution in [0.5, 0.6) is 5.75 Å². The van der Waals surface area contributed by atoms with Gasteiger partial charge in [0.2, 0.25) is 0 Å². The second-order valence-electron chi connectivity index (χ2n) is 6.57. The Balaban J connectivity index is 0.00000320. The van der Waals surface area contributed by atoms with Crippen LogP contribution in [0.15, 0.2) is 28.7 Å². The highest BCUT2D eigenvalue weighted by molar-refractivity contribution is 9.10. The van der Waals surface area contributed by atoms with Gasteiger partial charge >= 0.3 is 0 Å². The van der Waals surface area contributed by atoms with Gasteiger partial charge in [0.05, 0.1) is 17.7 Å². The van der Waals surface area contributed by atoms with Crippen molar-refractivity contribution < 1.29 is 27.8 Å². The molecule has 4 nitrogen and oxygen atoms in total. The van der Waals surface area contributed by atoms with Gasteiger partial charge in [0.25, 0.3) is 0 Å². The number of rotatable bonds is 6. The minimum absolute atomic E-state index is 0. The normalized spacial score (nSPS) is 18.0. The number of benzene rings is 2. The third-order valence-corrected chi connectivity index (χ3v) is 5.46. The van der Waals surface area contributed by atoms with Gasteiger partial charge < -0.3 is 14.6 Å². The van der Waals surface area contributed by atoms with Crippen molar-refractivity contribution in [2.75, 3.05) is 32.8 Å². The lowest BCUT2D eigenvalue weighted by Crippen LogP contribution is -2.43. The number of β-amino-alcohol motifs (C(OH)–C–C–N with tert-alkyl or cyclic N) is 1. The first-order chi connectivity index (χ1) is 13.7. The van der Waals surface area contributed by atoms with Crippen molar-refractivity contribution in [2.45, 2.75) is 12.2 Å². The second-order valence-corrected chi connectivity index (χ2v) is 8.30. The molecule has 166 valence electrons. The quantitative estimate of drug-likeness (QED) is 0.488. The van der Waals surface area contributed by atoms with E-state index in [0.717, 1.165) is 12.1 Å². The van der Waals surface area contributed by atoms with E-state index in [1.807, 2.05) is 4.90 Å². The fourth-order valence-corrected chi connectivity index (χ4v) is 3.95. The van der Waals surface area contributed by atoms with Gasteiger partial charge in [0, 0.05) is 34.7 Å². The molecule has 2 atom stereocenters. The maximum absolute atomic E-state index is 13.8. The van der Waals surface area contributed by atoms with Crippen LogP contribution >= 0.6 is 51.5 Å². The smallest absolute Gasteiger partial charge is 0.190 e. The fourth-order valence-electron chi connectivity index (χ4n) is 3.04. The Morgan fingerprint density at radius 1 is 1.13 bits per heavy atom. The molecule has 0 radical (unpaired) electrons. The monoisotopic (exact) mass is 549 g/mol. The van der Waals surface area contributed by atoms with Crippen LogP contribution in [0.4, 0.5) is 13.2 Å². The number of halogens is 7. The summed E-state index contributed by atoms with van der Waals surface area (Å²) < 4.78 is 52.4. The summed E-state index contributed by atoms with van der Waals surface area (Å²) in [6, 6.07) is 4.70. The molecule has 0 saturated carbocycles. The number of aliphatic hydroxyl groups is 1. The number of hydrogen-bond donors (Lipinski definition) is 1. The molecule has 0 amide bonds. The molecule has 1 aliphatic heterocycles. The van der Waals surface area contributed by atoms with Gasteiger partial charge in [0.1, 0.15) is 18.5 Å². The summed E-state index contributed by atoms with van der Waals surface area (Å²) in [7, 11) is 0. The summed E-state index contributed by atoms with van der Waals surface area (Å²) in [6.45, 7) is 1.08. The summed E-state index contributed by atoms with van der Waals surface area (Å²) in [5, 5.41) is 10.4. The van der Waals surface area contributed by atoms with E-state index in [1.54, 1.807) is 0 Å². The molecule has 1 saturated heterocycles. The van der Waals surface area contributed by atoms with Crippen molar-refractivity contribution in [3.05, 3.63) is 61.8 Å².